The first kappa shape index (κ1) is 12.2. The van der Waals surface area contributed by atoms with Gasteiger partial charge in [0.1, 0.15) is 0 Å². The second-order valence-corrected chi connectivity index (χ2v) is 4.69. The third-order valence-corrected chi connectivity index (χ3v) is 3.05. The molecule has 0 aliphatic heterocycles. The molecule has 0 unspecified atom stereocenters. The fourth-order valence-corrected chi connectivity index (χ4v) is 1.96. The van der Waals surface area contributed by atoms with Gasteiger partial charge in [-0.1, -0.05) is 13.3 Å². The molecule has 1 aromatic heterocycles. The molecule has 0 aromatic carbocycles. The molecule has 1 atom stereocenters. The Hall–Kier alpha value is -0.870. The molecule has 4 heteroatoms. The van der Waals surface area contributed by atoms with Crippen LogP contribution in [0.3, 0.4) is 0 Å². The summed E-state index contributed by atoms with van der Waals surface area (Å²) in [4.78, 5) is 13.1. The lowest BCUT2D eigenvalue weighted by Gasteiger charge is -2.08. The Kier molecular flexibility index (Phi) is 4.78. The Morgan fingerprint density at radius 3 is 2.87 bits per heavy atom. The van der Waals surface area contributed by atoms with Crippen LogP contribution >= 0.6 is 11.3 Å². The number of aryl methyl sites for hydroxylation is 1. The highest BCUT2D eigenvalue weighted by Gasteiger charge is 2.20. The van der Waals surface area contributed by atoms with Crippen LogP contribution in [-0.2, 0) is 9.53 Å². The van der Waals surface area contributed by atoms with Gasteiger partial charge in [0.2, 0.25) is 0 Å². The molecule has 0 saturated heterocycles. The lowest BCUT2D eigenvalue weighted by Crippen LogP contribution is -2.15. The zero-order valence-electron chi connectivity index (χ0n) is 9.03. The van der Waals surface area contributed by atoms with E-state index in [0.717, 1.165) is 17.7 Å². The van der Waals surface area contributed by atoms with Gasteiger partial charge in [-0.25, -0.2) is 4.79 Å². The number of esters is 1. The number of carbonyl (C=O) groups excluding carboxylic acids is 1. The molecule has 1 heterocycles. The van der Waals surface area contributed by atoms with Crippen LogP contribution in [0, 0.1) is 6.92 Å². The Bertz CT molecular complexity index is 319. The summed E-state index contributed by atoms with van der Waals surface area (Å²) in [5, 5.41) is 9.64. The molecule has 1 N–H and O–H groups in total. The van der Waals surface area contributed by atoms with Crippen molar-refractivity contribution in [1.29, 1.82) is 0 Å². The molecular weight excluding hydrogens is 212 g/mol. The van der Waals surface area contributed by atoms with E-state index in [-0.39, 0.29) is 0 Å². The molecule has 0 bridgehead atoms. The van der Waals surface area contributed by atoms with Crippen molar-refractivity contribution in [2.24, 2.45) is 0 Å². The van der Waals surface area contributed by atoms with Crippen molar-refractivity contribution in [3.8, 4) is 0 Å². The zero-order valence-corrected chi connectivity index (χ0v) is 9.84. The topological polar surface area (TPSA) is 46.5 Å². The van der Waals surface area contributed by atoms with Crippen LogP contribution < -0.4 is 0 Å². The van der Waals surface area contributed by atoms with Crippen molar-refractivity contribution in [3.63, 3.8) is 0 Å². The van der Waals surface area contributed by atoms with Crippen LogP contribution in [0.2, 0.25) is 0 Å². The minimum Gasteiger partial charge on any atom is -0.463 e. The second kappa shape index (κ2) is 5.88. The summed E-state index contributed by atoms with van der Waals surface area (Å²) in [5.74, 6) is -0.551. The van der Waals surface area contributed by atoms with E-state index in [4.69, 9.17) is 4.74 Å². The zero-order chi connectivity index (χ0) is 11.3. The Morgan fingerprint density at radius 1 is 1.60 bits per heavy atom. The maximum Gasteiger partial charge on any atom is 0.340 e. The molecule has 3 nitrogen and oxygen atoms in total. The Labute approximate surface area is 93.7 Å². The van der Waals surface area contributed by atoms with Crippen molar-refractivity contribution < 1.29 is 14.6 Å². The summed E-state index contributed by atoms with van der Waals surface area (Å²) in [6.07, 6.45) is 0.684. The summed E-state index contributed by atoms with van der Waals surface area (Å²) >= 11 is 1.41. The third-order valence-electron chi connectivity index (χ3n) is 2.00. The van der Waals surface area contributed by atoms with Gasteiger partial charge >= 0.3 is 5.97 Å². The van der Waals surface area contributed by atoms with Crippen LogP contribution in [0.15, 0.2) is 12.1 Å². The van der Waals surface area contributed by atoms with Gasteiger partial charge in [-0.3, -0.25) is 0 Å². The molecule has 15 heavy (non-hydrogen) atoms. The number of hydrogen-bond donors (Lipinski definition) is 1. The van der Waals surface area contributed by atoms with Crippen LogP contribution in [0.25, 0.3) is 0 Å². The van der Waals surface area contributed by atoms with Gasteiger partial charge in [0, 0.05) is 9.75 Å². The lowest BCUT2D eigenvalue weighted by molar-refractivity contribution is -0.153. The number of carbonyl (C=O) groups is 1. The maximum absolute atomic E-state index is 11.4. The van der Waals surface area contributed by atoms with Gasteiger partial charge in [-0.15, -0.1) is 11.3 Å². The molecule has 0 aliphatic rings. The van der Waals surface area contributed by atoms with E-state index < -0.39 is 12.1 Å². The van der Waals surface area contributed by atoms with E-state index in [0.29, 0.717) is 11.5 Å². The first-order valence-electron chi connectivity index (χ1n) is 5.06. The summed E-state index contributed by atoms with van der Waals surface area (Å²) < 4.78 is 4.93. The summed E-state index contributed by atoms with van der Waals surface area (Å²) in [6.45, 7) is 4.34. The summed E-state index contributed by atoms with van der Waals surface area (Å²) in [7, 11) is 0. The van der Waals surface area contributed by atoms with E-state index in [1.165, 1.54) is 11.3 Å². The predicted octanol–water partition coefficient (Wildman–Crippen LogP) is 2.43. The van der Waals surface area contributed by atoms with Crippen molar-refractivity contribution in [3.05, 3.63) is 21.9 Å². The molecule has 1 rings (SSSR count). The van der Waals surface area contributed by atoms with E-state index in [1.54, 1.807) is 6.07 Å². The Balaban J connectivity index is 2.46. The molecule has 0 spiro atoms. The number of hydrogen-bond acceptors (Lipinski definition) is 4. The molecule has 0 amide bonds. The second-order valence-electron chi connectivity index (χ2n) is 3.37. The standard InChI is InChI=1S/C11H16O3S/c1-3-4-7-14-11(13)10(12)9-6-5-8(2)15-9/h5-6,10,12H,3-4,7H2,1-2H3/t10-/m0/s1. The number of ether oxygens (including phenoxy) is 1. The molecule has 0 saturated carbocycles. The van der Waals surface area contributed by atoms with Gasteiger partial charge in [-0.2, -0.15) is 0 Å². The lowest BCUT2D eigenvalue weighted by atomic mass is 10.3. The van der Waals surface area contributed by atoms with Gasteiger partial charge in [0.05, 0.1) is 6.61 Å². The number of unbranched alkanes of at least 4 members (excludes halogenated alkanes) is 1. The highest BCUT2D eigenvalue weighted by molar-refractivity contribution is 7.12. The minimum absolute atomic E-state index is 0.386. The van der Waals surface area contributed by atoms with E-state index in [1.807, 2.05) is 19.9 Å². The van der Waals surface area contributed by atoms with Gasteiger partial charge in [0.25, 0.3) is 0 Å². The SMILES string of the molecule is CCCCOC(=O)[C@@H](O)c1ccc(C)s1. The van der Waals surface area contributed by atoms with Crippen molar-refractivity contribution in [1.82, 2.24) is 0 Å². The first-order chi connectivity index (χ1) is 7.15. The fraction of sp³-hybridized carbons (Fsp3) is 0.545. The van der Waals surface area contributed by atoms with Gasteiger partial charge in [0.15, 0.2) is 6.10 Å². The summed E-state index contributed by atoms with van der Waals surface area (Å²) in [6, 6.07) is 3.63. The molecule has 84 valence electrons. The van der Waals surface area contributed by atoms with Gasteiger partial charge in [-0.05, 0) is 25.5 Å². The molecule has 0 radical (unpaired) electrons. The highest BCUT2D eigenvalue weighted by atomic mass is 32.1. The molecule has 0 aliphatic carbocycles. The number of aliphatic hydroxyl groups is 1. The van der Waals surface area contributed by atoms with Crippen molar-refractivity contribution in [2.75, 3.05) is 6.61 Å². The Morgan fingerprint density at radius 2 is 2.33 bits per heavy atom. The minimum atomic E-state index is -1.12. The average Bonchev–Trinajstić information content (AvgIpc) is 2.64. The maximum atomic E-state index is 11.4. The fourth-order valence-electron chi connectivity index (χ4n) is 1.11. The predicted molar refractivity (Wildman–Crippen MR) is 59.9 cm³/mol. The number of rotatable bonds is 5. The highest BCUT2D eigenvalue weighted by Crippen LogP contribution is 2.23. The van der Waals surface area contributed by atoms with E-state index in [9.17, 15) is 9.90 Å². The van der Waals surface area contributed by atoms with Crippen molar-refractivity contribution in [2.45, 2.75) is 32.8 Å². The first-order valence-corrected chi connectivity index (χ1v) is 5.88. The van der Waals surface area contributed by atoms with Crippen LogP contribution in [0.4, 0.5) is 0 Å². The van der Waals surface area contributed by atoms with E-state index in [2.05, 4.69) is 0 Å². The number of aliphatic hydroxyl groups excluding tert-OH is 1. The van der Waals surface area contributed by atoms with Gasteiger partial charge < -0.3 is 9.84 Å². The van der Waals surface area contributed by atoms with Crippen molar-refractivity contribution >= 4 is 17.3 Å². The molecule has 0 fully saturated rings. The average molecular weight is 228 g/mol. The smallest absolute Gasteiger partial charge is 0.340 e. The monoisotopic (exact) mass is 228 g/mol. The third kappa shape index (κ3) is 3.64. The number of thiophene rings is 1. The largest absolute Gasteiger partial charge is 0.463 e. The quantitative estimate of drug-likeness (QED) is 0.622. The van der Waals surface area contributed by atoms with Crippen LogP contribution in [0.5, 0.6) is 0 Å². The summed E-state index contributed by atoms with van der Waals surface area (Å²) in [5.41, 5.74) is 0. The molecule has 1 aromatic rings. The van der Waals surface area contributed by atoms with Crippen LogP contribution in [0.1, 0.15) is 35.6 Å². The van der Waals surface area contributed by atoms with E-state index >= 15 is 0 Å². The van der Waals surface area contributed by atoms with Crippen LogP contribution in [-0.4, -0.2) is 17.7 Å². The normalized spacial score (nSPS) is 12.5. The molecular formula is C11H16O3S.